The maximum atomic E-state index is 13.7. The van der Waals surface area contributed by atoms with Crippen LogP contribution in [0.3, 0.4) is 0 Å². The number of para-hydroxylation sites is 1. The molecule has 0 saturated carbocycles. The molecular formula is C30H23FN4O4. The molecule has 0 saturated heterocycles. The van der Waals surface area contributed by atoms with E-state index < -0.39 is 16.7 Å². The van der Waals surface area contributed by atoms with Gasteiger partial charge < -0.3 is 0 Å². The summed E-state index contributed by atoms with van der Waals surface area (Å²) in [5, 5.41) is 16.0. The van der Waals surface area contributed by atoms with E-state index in [1.54, 1.807) is 33.8 Å². The van der Waals surface area contributed by atoms with Crippen molar-refractivity contribution in [1.82, 2.24) is 9.78 Å². The summed E-state index contributed by atoms with van der Waals surface area (Å²) in [4.78, 5) is 39.4. The van der Waals surface area contributed by atoms with Crippen LogP contribution in [0.1, 0.15) is 37.2 Å². The van der Waals surface area contributed by atoms with Crippen molar-refractivity contribution in [2.24, 2.45) is 0 Å². The number of ketones is 1. The van der Waals surface area contributed by atoms with Crippen molar-refractivity contribution in [2.75, 3.05) is 4.90 Å². The van der Waals surface area contributed by atoms with Crippen LogP contribution in [0.4, 0.5) is 15.8 Å². The first kappa shape index (κ1) is 24.4. The number of hydrogen-bond donors (Lipinski definition) is 0. The molecule has 4 aromatic rings. The van der Waals surface area contributed by atoms with Crippen LogP contribution in [0.2, 0.25) is 0 Å². The minimum absolute atomic E-state index is 0.0250. The fraction of sp³-hybridized carbons (Fsp3) is 0.167. The standard InChI is InChI=1S/C30H23FN4O4/c31-20-11-15-22(16-12-20)34-26-7-4-8-27(36)29(26)24(17-28(34)37)25-18-33(21-5-2-1-3-6-21)32-30(25)19-9-13-23(14-10-19)35(38)39/h1-3,5-6,9-16,18,24H,4,7-8,17H2. The number of nitro groups is 1. The normalized spacial score (nSPS) is 17.4. The fourth-order valence-corrected chi connectivity index (χ4v) is 5.47. The lowest BCUT2D eigenvalue weighted by Crippen LogP contribution is -2.40. The van der Waals surface area contributed by atoms with Gasteiger partial charge in [0.2, 0.25) is 5.91 Å². The van der Waals surface area contributed by atoms with Crippen molar-refractivity contribution >= 4 is 23.1 Å². The van der Waals surface area contributed by atoms with E-state index in [1.165, 1.54) is 24.3 Å². The Morgan fingerprint density at radius 2 is 1.62 bits per heavy atom. The van der Waals surface area contributed by atoms with Gasteiger partial charge in [-0.25, -0.2) is 9.07 Å². The highest BCUT2D eigenvalue weighted by atomic mass is 19.1. The van der Waals surface area contributed by atoms with Crippen LogP contribution in [-0.2, 0) is 9.59 Å². The van der Waals surface area contributed by atoms with Crippen LogP contribution in [0.5, 0.6) is 0 Å². The second kappa shape index (κ2) is 9.75. The molecule has 6 rings (SSSR count). The first-order valence-corrected chi connectivity index (χ1v) is 12.7. The Morgan fingerprint density at radius 3 is 2.31 bits per heavy atom. The molecule has 0 fully saturated rings. The SMILES string of the molecule is O=C1CCCC2=C1C(c1cn(-c3ccccc3)nc1-c1ccc([N+](=O)[O-])cc1)CC(=O)N2c1ccc(F)cc1. The monoisotopic (exact) mass is 522 g/mol. The van der Waals surface area contributed by atoms with Gasteiger partial charge in [-0.3, -0.25) is 24.6 Å². The lowest BCUT2D eigenvalue weighted by atomic mass is 9.76. The van der Waals surface area contributed by atoms with Crippen LogP contribution in [0.15, 0.2) is 96.3 Å². The van der Waals surface area contributed by atoms with E-state index in [0.29, 0.717) is 53.0 Å². The lowest BCUT2D eigenvalue weighted by Gasteiger charge is -2.38. The summed E-state index contributed by atoms with van der Waals surface area (Å²) in [6, 6.07) is 21.3. The van der Waals surface area contributed by atoms with Gasteiger partial charge in [0.1, 0.15) is 5.82 Å². The molecule has 0 N–H and O–H groups in total. The maximum absolute atomic E-state index is 13.7. The average molecular weight is 523 g/mol. The molecule has 0 spiro atoms. The summed E-state index contributed by atoms with van der Waals surface area (Å²) in [7, 11) is 0. The van der Waals surface area contributed by atoms with Gasteiger partial charge in [-0.1, -0.05) is 18.2 Å². The van der Waals surface area contributed by atoms with Gasteiger partial charge in [0.05, 0.1) is 16.3 Å². The van der Waals surface area contributed by atoms with Crippen molar-refractivity contribution in [3.05, 3.63) is 118 Å². The second-order valence-electron chi connectivity index (χ2n) is 9.62. The van der Waals surface area contributed by atoms with Gasteiger partial charge in [0.15, 0.2) is 5.78 Å². The van der Waals surface area contributed by atoms with E-state index in [0.717, 1.165) is 5.69 Å². The molecule has 39 heavy (non-hydrogen) atoms. The number of allylic oxidation sites excluding steroid dienone is 2. The second-order valence-corrected chi connectivity index (χ2v) is 9.62. The van der Waals surface area contributed by atoms with Crippen molar-refractivity contribution in [2.45, 2.75) is 31.6 Å². The highest BCUT2D eigenvalue weighted by Gasteiger charge is 2.41. The van der Waals surface area contributed by atoms with E-state index in [1.807, 2.05) is 36.5 Å². The Balaban J connectivity index is 1.53. The Labute approximate surface area is 223 Å². The number of halogens is 1. The number of amides is 1. The zero-order valence-electron chi connectivity index (χ0n) is 20.8. The van der Waals surface area contributed by atoms with Gasteiger partial charge in [-0.2, -0.15) is 5.10 Å². The summed E-state index contributed by atoms with van der Waals surface area (Å²) >= 11 is 0. The summed E-state index contributed by atoms with van der Waals surface area (Å²) in [6.45, 7) is 0. The van der Waals surface area contributed by atoms with E-state index in [2.05, 4.69) is 0 Å². The number of carbonyl (C=O) groups is 2. The van der Waals surface area contributed by atoms with Crippen molar-refractivity contribution in [1.29, 1.82) is 0 Å². The minimum Gasteiger partial charge on any atom is -0.294 e. The van der Waals surface area contributed by atoms with Gasteiger partial charge >= 0.3 is 0 Å². The highest BCUT2D eigenvalue weighted by molar-refractivity contribution is 6.07. The summed E-state index contributed by atoms with van der Waals surface area (Å²) in [6.07, 6.45) is 3.40. The van der Waals surface area contributed by atoms with Crippen molar-refractivity contribution in [3.8, 4) is 16.9 Å². The molecule has 2 heterocycles. The summed E-state index contributed by atoms with van der Waals surface area (Å²) in [5.74, 6) is -1.17. The molecule has 1 amide bonds. The highest BCUT2D eigenvalue weighted by Crippen LogP contribution is 2.45. The molecule has 9 heteroatoms. The number of anilines is 1. The molecule has 1 aromatic heterocycles. The Kier molecular flexibility index (Phi) is 6.11. The smallest absolute Gasteiger partial charge is 0.269 e. The third-order valence-electron chi connectivity index (χ3n) is 7.25. The van der Waals surface area contributed by atoms with Crippen LogP contribution in [0, 0.1) is 15.9 Å². The van der Waals surface area contributed by atoms with Crippen molar-refractivity contribution in [3.63, 3.8) is 0 Å². The number of nitro benzene ring substituents is 1. The molecule has 1 aliphatic carbocycles. The van der Waals surface area contributed by atoms with Gasteiger partial charge in [-0.15, -0.1) is 0 Å². The zero-order chi connectivity index (χ0) is 27.1. The summed E-state index contributed by atoms with van der Waals surface area (Å²) < 4.78 is 15.3. The molecule has 0 bridgehead atoms. The molecule has 8 nitrogen and oxygen atoms in total. The number of rotatable bonds is 5. The lowest BCUT2D eigenvalue weighted by molar-refractivity contribution is -0.384. The minimum atomic E-state index is -0.542. The predicted octanol–water partition coefficient (Wildman–Crippen LogP) is 6.11. The zero-order valence-corrected chi connectivity index (χ0v) is 20.8. The summed E-state index contributed by atoms with van der Waals surface area (Å²) in [5.41, 5.74) is 4.38. The third-order valence-corrected chi connectivity index (χ3v) is 7.25. The van der Waals surface area contributed by atoms with E-state index >= 15 is 0 Å². The Hall–Kier alpha value is -4.92. The van der Waals surface area contributed by atoms with Crippen LogP contribution in [-0.4, -0.2) is 26.4 Å². The Bertz CT molecular complexity index is 1630. The first-order valence-electron chi connectivity index (χ1n) is 12.7. The van der Waals surface area contributed by atoms with Crippen LogP contribution < -0.4 is 4.90 Å². The third kappa shape index (κ3) is 4.41. The number of non-ortho nitro benzene ring substituents is 1. The predicted molar refractivity (Wildman–Crippen MR) is 143 cm³/mol. The number of nitrogens with zero attached hydrogens (tertiary/aromatic N) is 4. The quantitative estimate of drug-likeness (QED) is 0.233. The van der Waals surface area contributed by atoms with E-state index in [9.17, 15) is 24.1 Å². The number of aromatic nitrogens is 2. The number of carbonyl (C=O) groups excluding carboxylic acids is 2. The van der Waals surface area contributed by atoms with E-state index in [-0.39, 0.29) is 23.8 Å². The fourth-order valence-electron chi connectivity index (χ4n) is 5.47. The van der Waals surface area contributed by atoms with Crippen LogP contribution in [0.25, 0.3) is 16.9 Å². The number of hydrogen-bond acceptors (Lipinski definition) is 5. The number of Topliss-reactive ketones (excluding diaryl/α,β-unsaturated/α-hetero) is 1. The molecule has 194 valence electrons. The molecule has 1 aliphatic heterocycles. The van der Waals surface area contributed by atoms with Crippen LogP contribution >= 0.6 is 0 Å². The molecule has 1 atom stereocenters. The Morgan fingerprint density at radius 1 is 0.897 bits per heavy atom. The first-order chi connectivity index (χ1) is 18.9. The molecule has 2 aliphatic rings. The molecular weight excluding hydrogens is 499 g/mol. The maximum Gasteiger partial charge on any atom is 0.269 e. The number of benzene rings is 3. The van der Waals surface area contributed by atoms with Gasteiger partial charge in [0.25, 0.3) is 5.69 Å². The molecule has 0 radical (unpaired) electrons. The average Bonchev–Trinajstić information content (AvgIpc) is 3.39. The molecule has 3 aromatic carbocycles. The van der Waals surface area contributed by atoms with Gasteiger partial charge in [-0.05, 0) is 61.4 Å². The van der Waals surface area contributed by atoms with E-state index in [4.69, 9.17) is 5.10 Å². The van der Waals surface area contributed by atoms with Gasteiger partial charge in [0, 0.05) is 65.2 Å². The van der Waals surface area contributed by atoms with Crippen molar-refractivity contribution < 1.29 is 18.9 Å². The topological polar surface area (TPSA) is 98.3 Å². The largest absolute Gasteiger partial charge is 0.294 e. The molecule has 1 unspecified atom stereocenters.